The molecule has 0 aliphatic heterocycles. The minimum atomic E-state index is -1.37. The lowest BCUT2D eigenvalue weighted by atomic mass is 10.1. The number of carboxylic acid groups (broad SMARTS) is 1. The van der Waals surface area contributed by atoms with Gasteiger partial charge in [-0.15, -0.1) is 0 Å². The Hall–Kier alpha value is -2.67. The topological polar surface area (TPSA) is 112 Å². The third-order valence-electron chi connectivity index (χ3n) is 2.96. The van der Waals surface area contributed by atoms with Crippen LogP contribution in [0.5, 0.6) is 0 Å². The Bertz CT molecular complexity index is 667. The summed E-state index contributed by atoms with van der Waals surface area (Å²) in [7, 11) is 0. The molecule has 7 nitrogen and oxygen atoms in total. The summed E-state index contributed by atoms with van der Waals surface area (Å²) in [6, 6.07) is 4.97. The number of aromatic nitrogens is 1. The highest BCUT2D eigenvalue weighted by atomic mass is 16.4. The van der Waals surface area contributed by atoms with E-state index >= 15 is 0 Å². The van der Waals surface area contributed by atoms with Gasteiger partial charge in [0.2, 0.25) is 0 Å². The molecule has 4 N–H and O–H groups in total. The van der Waals surface area contributed by atoms with Crippen LogP contribution < -0.4 is 10.6 Å². The van der Waals surface area contributed by atoms with Gasteiger partial charge in [-0.1, -0.05) is 12.1 Å². The molecule has 7 heteroatoms. The number of pyridine rings is 1. The first-order valence-electron chi connectivity index (χ1n) is 6.30. The maximum Gasteiger partial charge on any atom is 0.328 e. The fourth-order valence-electron chi connectivity index (χ4n) is 1.92. The van der Waals surface area contributed by atoms with Crippen molar-refractivity contribution < 1.29 is 19.8 Å². The average molecular weight is 289 g/mol. The molecular formula is C14H15N3O4. The number of hydrogen-bond donors (Lipinski definition) is 4. The Morgan fingerprint density at radius 1 is 1.29 bits per heavy atom. The lowest BCUT2D eigenvalue weighted by Crippen LogP contribution is -2.49. The molecule has 2 rings (SSSR count). The number of aliphatic hydroxyl groups is 1. The highest BCUT2D eigenvalue weighted by Crippen LogP contribution is 2.21. The molecule has 0 fully saturated rings. The summed E-state index contributed by atoms with van der Waals surface area (Å²) in [5, 5.41) is 24.7. The molecule has 1 aromatic carbocycles. The Morgan fingerprint density at radius 3 is 2.71 bits per heavy atom. The van der Waals surface area contributed by atoms with Gasteiger partial charge in [0.15, 0.2) is 6.04 Å². The number of fused-ring (bicyclic) bond motifs is 1. The van der Waals surface area contributed by atoms with Crippen LogP contribution in [0.1, 0.15) is 6.92 Å². The Morgan fingerprint density at radius 2 is 2.05 bits per heavy atom. The van der Waals surface area contributed by atoms with Gasteiger partial charge >= 0.3 is 12.0 Å². The second kappa shape index (κ2) is 6.19. The van der Waals surface area contributed by atoms with Crippen LogP contribution in [-0.2, 0) is 4.79 Å². The van der Waals surface area contributed by atoms with Crippen LogP contribution >= 0.6 is 0 Å². The van der Waals surface area contributed by atoms with Crippen LogP contribution in [0.4, 0.5) is 10.5 Å². The van der Waals surface area contributed by atoms with Gasteiger partial charge in [0.1, 0.15) is 0 Å². The number of carbonyl (C=O) groups excluding carboxylic acids is 1. The standard InChI is InChI=1S/C14H15N3O4/c1-8(18)12(13(19)20)17-14(21)16-11-4-2-3-9-7-15-6-5-10(9)11/h2-8,12,18H,1H3,(H,19,20)(H2,16,17,21). The predicted molar refractivity (Wildman–Crippen MR) is 77.0 cm³/mol. The van der Waals surface area contributed by atoms with Crippen LogP contribution in [0.3, 0.4) is 0 Å². The molecule has 0 aliphatic rings. The summed E-state index contributed by atoms with van der Waals surface area (Å²) in [5.74, 6) is -1.30. The van der Waals surface area contributed by atoms with Crippen molar-refractivity contribution in [2.24, 2.45) is 0 Å². The highest BCUT2D eigenvalue weighted by molar-refractivity contribution is 6.02. The first-order valence-corrected chi connectivity index (χ1v) is 6.30. The van der Waals surface area contributed by atoms with Crippen LogP contribution in [-0.4, -0.2) is 39.3 Å². The lowest BCUT2D eigenvalue weighted by molar-refractivity contribution is -0.141. The molecule has 2 aromatic rings. The largest absolute Gasteiger partial charge is 0.480 e. The fourth-order valence-corrected chi connectivity index (χ4v) is 1.92. The third-order valence-corrected chi connectivity index (χ3v) is 2.96. The molecular weight excluding hydrogens is 274 g/mol. The van der Waals surface area contributed by atoms with Crippen LogP contribution in [0.15, 0.2) is 36.7 Å². The maximum absolute atomic E-state index is 11.9. The number of anilines is 1. The molecule has 2 atom stereocenters. The molecule has 1 aromatic heterocycles. The SMILES string of the molecule is CC(O)C(NC(=O)Nc1cccc2cnccc12)C(=O)O. The van der Waals surface area contributed by atoms with E-state index in [1.165, 1.54) is 6.92 Å². The van der Waals surface area contributed by atoms with E-state index in [9.17, 15) is 14.7 Å². The van der Waals surface area contributed by atoms with E-state index in [-0.39, 0.29) is 0 Å². The van der Waals surface area contributed by atoms with Crippen molar-refractivity contribution in [1.82, 2.24) is 10.3 Å². The number of urea groups is 1. The number of aliphatic hydroxyl groups excluding tert-OH is 1. The third kappa shape index (κ3) is 3.46. The van der Waals surface area contributed by atoms with E-state index in [0.29, 0.717) is 5.69 Å². The molecule has 0 radical (unpaired) electrons. The van der Waals surface area contributed by atoms with Crippen LogP contribution in [0.25, 0.3) is 10.8 Å². The second-order valence-electron chi connectivity index (χ2n) is 4.56. The van der Waals surface area contributed by atoms with Crippen molar-refractivity contribution in [3.8, 4) is 0 Å². The average Bonchev–Trinajstić information content (AvgIpc) is 2.44. The van der Waals surface area contributed by atoms with E-state index in [4.69, 9.17) is 5.11 Å². The zero-order valence-electron chi connectivity index (χ0n) is 11.3. The van der Waals surface area contributed by atoms with E-state index in [1.807, 2.05) is 6.07 Å². The summed E-state index contributed by atoms with van der Waals surface area (Å²) in [4.78, 5) is 26.8. The van der Waals surface area contributed by atoms with Crippen LogP contribution in [0, 0.1) is 0 Å². The van der Waals surface area contributed by atoms with Gasteiger partial charge in [-0.3, -0.25) is 4.98 Å². The molecule has 0 bridgehead atoms. The number of nitrogens with zero attached hydrogens (tertiary/aromatic N) is 1. The molecule has 0 saturated heterocycles. The van der Waals surface area contributed by atoms with Gasteiger partial charge < -0.3 is 20.8 Å². The van der Waals surface area contributed by atoms with Crippen molar-refractivity contribution in [2.45, 2.75) is 19.1 Å². The number of rotatable bonds is 4. The minimum Gasteiger partial charge on any atom is -0.480 e. The number of benzene rings is 1. The number of hydrogen-bond acceptors (Lipinski definition) is 4. The molecule has 0 aliphatic carbocycles. The summed E-state index contributed by atoms with van der Waals surface area (Å²) in [5.41, 5.74) is 0.530. The summed E-state index contributed by atoms with van der Waals surface area (Å²) in [6.07, 6.45) is 2.06. The first kappa shape index (κ1) is 14.7. The summed E-state index contributed by atoms with van der Waals surface area (Å²) in [6.45, 7) is 1.29. The van der Waals surface area contributed by atoms with Crippen molar-refractivity contribution in [3.63, 3.8) is 0 Å². The second-order valence-corrected chi connectivity index (χ2v) is 4.56. The summed E-state index contributed by atoms with van der Waals surface area (Å²) >= 11 is 0. The first-order chi connectivity index (χ1) is 9.99. The Labute approximate surface area is 120 Å². The minimum absolute atomic E-state index is 0.530. The van der Waals surface area contributed by atoms with E-state index in [0.717, 1.165) is 10.8 Å². The molecule has 2 unspecified atom stereocenters. The van der Waals surface area contributed by atoms with Crippen molar-refractivity contribution in [2.75, 3.05) is 5.32 Å². The number of carbonyl (C=O) groups is 2. The number of carboxylic acids is 1. The number of nitrogens with one attached hydrogen (secondary N) is 2. The predicted octanol–water partition coefficient (Wildman–Crippen LogP) is 1.19. The molecule has 2 amide bonds. The molecule has 1 heterocycles. The van der Waals surface area contributed by atoms with E-state index in [1.54, 1.807) is 30.6 Å². The van der Waals surface area contributed by atoms with Crippen LogP contribution in [0.2, 0.25) is 0 Å². The van der Waals surface area contributed by atoms with Gasteiger partial charge in [-0.2, -0.15) is 0 Å². The Kier molecular flexibility index (Phi) is 4.34. The molecule has 110 valence electrons. The zero-order chi connectivity index (χ0) is 15.4. The van der Waals surface area contributed by atoms with Crippen molar-refractivity contribution >= 4 is 28.5 Å². The van der Waals surface area contributed by atoms with Gasteiger partial charge in [0.25, 0.3) is 0 Å². The quantitative estimate of drug-likeness (QED) is 0.675. The molecule has 0 saturated carbocycles. The van der Waals surface area contributed by atoms with Crippen molar-refractivity contribution in [1.29, 1.82) is 0 Å². The molecule has 21 heavy (non-hydrogen) atoms. The zero-order valence-corrected chi connectivity index (χ0v) is 11.3. The highest BCUT2D eigenvalue weighted by Gasteiger charge is 2.25. The van der Waals surface area contributed by atoms with E-state index in [2.05, 4.69) is 15.6 Å². The number of aliphatic carboxylic acids is 1. The van der Waals surface area contributed by atoms with Gasteiger partial charge in [-0.25, -0.2) is 9.59 Å². The van der Waals surface area contributed by atoms with Gasteiger partial charge in [-0.05, 0) is 19.1 Å². The Balaban J connectivity index is 2.17. The van der Waals surface area contributed by atoms with E-state index < -0.39 is 24.1 Å². The van der Waals surface area contributed by atoms with Gasteiger partial charge in [0, 0.05) is 23.2 Å². The monoisotopic (exact) mass is 289 g/mol. The normalized spacial score (nSPS) is 13.4. The summed E-state index contributed by atoms with van der Waals surface area (Å²) < 4.78 is 0. The molecule has 0 spiro atoms. The maximum atomic E-state index is 11.9. The fraction of sp³-hybridized carbons (Fsp3) is 0.214. The smallest absolute Gasteiger partial charge is 0.328 e. The van der Waals surface area contributed by atoms with Crippen molar-refractivity contribution in [3.05, 3.63) is 36.7 Å². The van der Waals surface area contributed by atoms with Gasteiger partial charge in [0.05, 0.1) is 11.8 Å². The number of amides is 2. The lowest BCUT2D eigenvalue weighted by Gasteiger charge is -2.17.